The van der Waals surface area contributed by atoms with Gasteiger partial charge in [-0.1, -0.05) is 79.4 Å². The Morgan fingerprint density at radius 2 is 1.54 bits per heavy atom. The Morgan fingerprint density at radius 1 is 0.923 bits per heavy atom. The molecule has 1 fully saturated rings. The number of benzene rings is 2. The van der Waals surface area contributed by atoms with E-state index in [0.717, 1.165) is 12.8 Å². The van der Waals surface area contributed by atoms with E-state index in [9.17, 15) is 4.79 Å². The number of rotatable bonds is 6. The summed E-state index contributed by atoms with van der Waals surface area (Å²) in [6.07, 6.45) is 5.96. The number of carbonyl (C=O) groups excluding carboxylic acids is 1. The van der Waals surface area contributed by atoms with E-state index in [1.54, 1.807) is 0 Å². The molecule has 3 nitrogen and oxygen atoms in total. The predicted octanol–water partition coefficient (Wildman–Crippen LogP) is 4.51. The zero-order valence-corrected chi connectivity index (χ0v) is 15.9. The average Bonchev–Trinajstić information content (AvgIpc) is 2.68. The minimum atomic E-state index is -0.247. The first kappa shape index (κ1) is 18.7. The Bertz CT molecular complexity index is 690. The molecule has 1 aliphatic carbocycles. The Hall–Kier alpha value is -2.13. The Morgan fingerprint density at radius 3 is 2.19 bits per heavy atom. The maximum Gasteiger partial charge on any atom is 0.237 e. The van der Waals surface area contributed by atoms with Gasteiger partial charge in [0.05, 0.1) is 12.1 Å². The van der Waals surface area contributed by atoms with Gasteiger partial charge in [0.2, 0.25) is 5.91 Å². The van der Waals surface area contributed by atoms with Crippen molar-refractivity contribution in [2.45, 2.75) is 64.1 Å². The van der Waals surface area contributed by atoms with Crippen molar-refractivity contribution in [3.63, 3.8) is 0 Å². The zero-order chi connectivity index (χ0) is 18.4. The van der Waals surface area contributed by atoms with Gasteiger partial charge in [0.1, 0.15) is 0 Å². The Labute approximate surface area is 157 Å². The lowest BCUT2D eigenvalue weighted by Gasteiger charge is -2.27. The van der Waals surface area contributed by atoms with Gasteiger partial charge in [-0.05, 0) is 37.8 Å². The SMILES string of the molecule is Cc1ccc([C@@H](N[C@@H](C)C(=O)NC2CCCCC2)c2ccccc2)cc1. The number of amides is 1. The second-order valence-corrected chi connectivity index (χ2v) is 7.49. The third-order valence-corrected chi connectivity index (χ3v) is 5.31. The zero-order valence-electron chi connectivity index (χ0n) is 15.9. The van der Waals surface area contributed by atoms with Crippen molar-refractivity contribution >= 4 is 5.91 Å². The molecule has 2 atom stereocenters. The first-order valence-electron chi connectivity index (χ1n) is 9.81. The van der Waals surface area contributed by atoms with E-state index in [4.69, 9.17) is 0 Å². The molecule has 138 valence electrons. The van der Waals surface area contributed by atoms with Gasteiger partial charge >= 0.3 is 0 Å². The number of hydrogen-bond donors (Lipinski definition) is 2. The Kier molecular flexibility index (Phi) is 6.45. The van der Waals surface area contributed by atoms with Crippen molar-refractivity contribution < 1.29 is 4.79 Å². The van der Waals surface area contributed by atoms with Crippen LogP contribution in [0.3, 0.4) is 0 Å². The summed E-state index contributed by atoms with van der Waals surface area (Å²) in [4.78, 5) is 12.7. The van der Waals surface area contributed by atoms with Gasteiger partial charge in [0.15, 0.2) is 0 Å². The molecule has 0 saturated heterocycles. The number of hydrogen-bond acceptors (Lipinski definition) is 2. The lowest BCUT2D eigenvalue weighted by Crippen LogP contribution is -2.47. The van der Waals surface area contributed by atoms with Crippen LogP contribution in [0, 0.1) is 6.92 Å². The largest absolute Gasteiger partial charge is 0.352 e. The van der Waals surface area contributed by atoms with Crippen LogP contribution in [0.1, 0.15) is 61.8 Å². The van der Waals surface area contributed by atoms with Gasteiger partial charge in [0.25, 0.3) is 0 Å². The molecule has 2 N–H and O–H groups in total. The third kappa shape index (κ3) is 4.95. The number of carbonyl (C=O) groups is 1. The molecule has 0 aromatic heterocycles. The summed E-state index contributed by atoms with van der Waals surface area (Å²) in [5, 5.41) is 6.78. The lowest BCUT2D eigenvalue weighted by molar-refractivity contribution is -0.123. The first-order chi connectivity index (χ1) is 12.6. The number of aryl methyl sites for hydroxylation is 1. The van der Waals surface area contributed by atoms with Crippen LogP contribution in [-0.4, -0.2) is 18.0 Å². The van der Waals surface area contributed by atoms with Gasteiger partial charge in [-0.3, -0.25) is 10.1 Å². The topological polar surface area (TPSA) is 41.1 Å². The van der Waals surface area contributed by atoms with Crippen LogP contribution in [0.5, 0.6) is 0 Å². The van der Waals surface area contributed by atoms with Crippen LogP contribution in [0.2, 0.25) is 0 Å². The molecule has 2 aromatic rings. The second-order valence-electron chi connectivity index (χ2n) is 7.49. The molecule has 1 aliphatic rings. The molecular formula is C23H30N2O. The molecule has 0 unspecified atom stereocenters. The van der Waals surface area contributed by atoms with E-state index >= 15 is 0 Å². The van der Waals surface area contributed by atoms with E-state index in [1.807, 2.05) is 25.1 Å². The molecule has 1 amide bonds. The van der Waals surface area contributed by atoms with Crippen LogP contribution in [0.25, 0.3) is 0 Å². The highest BCUT2D eigenvalue weighted by Gasteiger charge is 2.23. The van der Waals surface area contributed by atoms with E-state index in [-0.39, 0.29) is 18.0 Å². The van der Waals surface area contributed by atoms with Crippen molar-refractivity contribution in [3.8, 4) is 0 Å². The Balaban J connectivity index is 1.72. The summed E-state index contributed by atoms with van der Waals surface area (Å²) < 4.78 is 0. The van der Waals surface area contributed by atoms with Crippen LogP contribution < -0.4 is 10.6 Å². The minimum absolute atomic E-state index is 0.00362. The normalized spacial score (nSPS) is 17.5. The van der Waals surface area contributed by atoms with Gasteiger partial charge in [-0.25, -0.2) is 0 Å². The van der Waals surface area contributed by atoms with Crippen LogP contribution in [0.15, 0.2) is 54.6 Å². The predicted molar refractivity (Wildman–Crippen MR) is 107 cm³/mol. The quantitative estimate of drug-likeness (QED) is 0.805. The molecule has 3 rings (SSSR count). The van der Waals surface area contributed by atoms with Gasteiger partial charge < -0.3 is 5.32 Å². The summed E-state index contributed by atoms with van der Waals surface area (Å²) in [5.74, 6) is 0.102. The van der Waals surface area contributed by atoms with Crippen LogP contribution >= 0.6 is 0 Å². The molecule has 0 radical (unpaired) electrons. The van der Waals surface area contributed by atoms with Gasteiger partial charge in [-0.15, -0.1) is 0 Å². The van der Waals surface area contributed by atoms with Crippen molar-refractivity contribution in [2.75, 3.05) is 0 Å². The average molecular weight is 351 g/mol. The van der Waals surface area contributed by atoms with Crippen molar-refractivity contribution in [3.05, 3.63) is 71.3 Å². The smallest absolute Gasteiger partial charge is 0.237 e. The summed E-state index contributed by atoms with van der Waals surface area (Å²) in [6, 6.07) is 19.0. The van der Waals surface area contributed by atoms with Crippen molar-refractivity contribution in [1.82, 2.24) is 10.6 Å². The first-order valence-corrected chi connectivity index (χ1v) is 9.81. The van der Waals surface area contributed by atoms with Crippen molar-refractivity contribution in [1.29, 1.82) is 0 Å². The fourth-order valence-corrected chi connectivity index (χ4v) is 3.69. The molecule has 0 aliphatic heterocycles. The van der Waals surface area contributed by atoms with E-state index in [2.05, 4.69) is 54.0 Å². The summed E-state index contributed by atoms with van der Waals surface area (Å²) >= 11 is 0. The fourth-order valence-electron chi connectivity index (χ4n) is 3.69. The molecule has 26 heavy (non-hydrogen) atoms. The molecular weight excluding hydrogens is 320 g/mol. The van der Waals surface area contributed by atoms with E-state index < -0.39 is 0 Å². The van der Waals surface area contributed by atoms with E-state index in [0.29, 0.717) is 6.04 Å². The molecule has 2 aromatic carbocycles. The van der Waals surface area contributed by atoms with Gasteiger partial charge in [0, 0.05) is 6.04 Å². The fraction of sp³-hybridized carbons (Fsp3) is 0.435. The highest BCUT2D eigenvalue weighted by atomic mass is 16.2. The lowest BCUT2D eigenvalue weighted by atomic mass is 9.95. The highest BCUT2D eigenvalue weighted by Crippen LogP contribution is 2.23. The van der Waals surface area contributed by atoms with Gasteiger partial charge in [-0.2, -0.15) is 0 Å². The molecule has 3 heteroatoms. The van der Waals surface area contributed by atoms with Crippen LogP contribution in [0.4, 0.5) is 0 Å². The number of nitrogens with one attached hydrogen (secondary N) is 2. The monoisotopic (exact) mass is 350 g/mol. The standard InChI is InChI=1S/C23H30N2O/c1-17-13-15-20(16-14-17)22(19-9-5-3-6-10-19)24-18(2)23(26)25-21-11-7-4-8-12-21/h3,5-6,9-10,13-16,18,21-22,24H,4,7-8,11-12H2,1-2H3,(H,25,26)/t18-,22-/m0/s1. The van der Waals surface area contributed by atoms with E-state index in [1.165, 1.54) is 36.0 Å². The summed E-state index contributed by atoms with van der Waals surface area (Å²) in [5.41, 5.74) is 3.59. The summed E-state index contributed by atoms with van der Waals surface area (Å²) in [6.45, 7) is 4.05. The summed E-state index contributed by atoms with van der Waals surface area (Å²) in [7, 11) is 0. The second kappa shape index (κ2) is 9.00. The molecule has 0 bridgehead atoms. The van der Waals surface area contributed by atoms with Crippen molar-refractivity contribution in [2.24, 2.45) is 0 Å². The third-order valence-electron chi connectivity index (χ3n) is 5.31. The minimum Gasteiger partial charge on any atom is -0.352 e. The highest BCUT2D eigenvalue weighted by molar-refractivity contribution is 5.81. The maximum absolute atomic E-state index is 12.7. The molecule has 0 heterocycles. The van der Waals surface area contributed by atoms with Crippen LogP contribution in [-0.2, 0) is 4.79 Å². The maximum atomic E-state index is 12.7. The molecule has 0 spiro atoms. The molecule has 1 saturated carbocycles.